The van der Waals surface area contributed by atoms with Gasteiger partial charge in [-0.05, 0) is 43.9 Å². The molecule has 188 valence electrons. The number of fused-ring (bicyclic) bond motifs is 1. The van der Waals surface area contributed by atoms with Crippen molar-refractivity contribution >= 4 is 28.6 Å². The highest BCUT2D eigenvalue weighted by Crippen LogP contribution is 2.33. The van der Waals surface area contributed by atoms with E-state index in [2.05, 4.69) is 25.2 Å². The molecule has 5 rings (SSSR count). The van der Waals surface area contributed by atoms with Crippen molar-refractivity contribution in [1.82, 2.24) is 24.5 Å². The van der Waals surface area contributed by atoms with Gasteiger partial charge in [0.05, 0.1) is 24.2 Å². The Balaban J connectivity index is 1.42. The van der Waals surface area contributed by atoms with Crippen LogP contribution in [0.15, 0.2) is 48.9 Å². The predicted molar refractivity (Wildman–Crippen MR) is 144 cm³/mol. The summed E-state index contributed by atoms with van der Waals surface area (Å²) in [4.78, 5) is 18.9. The Kier molecular flexibility index (Phi) is 6.99. The number of nitrogens with zero attached hydrogens (tertiary/aromatic N) is 5. The first kappa shape index (κ1) is 24.0. The third-order valence-corrected chi connectivity index (χ3v) is 7.00. The maximum Gasteiger partial charge on any atom is 0.227 e. The van der Waals surface area contributed by atoms with E-state index in [1.54, 1.807) is 6.92 Å². The van der Waals surface area contributed by atoms with Crippen LogP contribution in [0.3, 0.4) is 0 Å². The highest BCUT2D eigenvalue weighted by Gasteiger charge is 2.23. The lowest BCUT2D eigenvalue weighted by Crippen LogP contribution is -2.31. The summed E-state index contributed by atoms with van der Waals surface area (Å²) in [5.74, 6) is 1.15. The molecule has 1 fully saturated rings. The van der Waals surface area contributed by atoms with Gasteiger partial charge in [0.2, 0.25) is 5.95 Å². The molecule has 1 aromatic carbocycles. The van der Waals surface area contributed by atoms with Gasteiger partial charge in [0.25, 0.3) is 0 Å². The molecule has 0 saturated heterocycles. The highest BCUT2D eigenvalue weighted by atomic mass is 16.3. The van der Waals surface area contributed by atoms with Gasteiger partial charge in [-0.25, -0.2) is 4.98 Å². The van der Waals surface area contributed by atoms with Crippen LogP contribution in [0.4, 0.5) is 17.5 Å². The zero-order valence-electron chi connectivity index (χ0n) is 20.9. The Morgan fingerprint density at radius 1 is 1.11 bits per heavy atom. The van der Waals surface area contributed by atoms with Gasteiger partial charge in [0.1, 0.15) is 0 Å². The molecule has 0 bridgehead atoms. The second kappa shape index (κ2) is 10.5. The lowest BCUT2D eigenvalue weighted by atomic mass is 10.1. The van der Waals surface area contributed by atoms with Crippen LogP contribution in [0.1, 0.15) is 57.6 Å². The molecule has 0 amide bonds. The van der Waals surface area contributed by atoms with Gasteiger partial charge in [-0.1, -0.05) is 44.0 Å². The van der Waals surface area contributed by atoms with E-state index in [1.165, 1.54) is 12.8 Å². The minimum absolute atomic E-state index is 0.139. The summed E-state index contributed by atoms with van der Waals surface area (Å²) >= 11 is 0. The van der Waals surface area contributed by atoms with E-state index in [4.69, 9.17) is 15.7 Å². The molecule has 1 aliphatic carbocycles. The topological polar surface area (TPSA) is 127 Å². The molecule has 0 spiro atoms. The predicted octanol–water partition coefficient (Wildman–Crippen LogP) is 4.77. The van der Waals surface area contributed by atoms with E-state index in [9.17, 15) is 5.11 Å². The Hall–Kier alpha value is -3.72. The molecular formula is C27H34N8O. The van der Waals surface area contributed by atoms with Crippen LogP contribution in [-0.4, -0.2) is 41.8 Å². The molecule has 36 heavy (non-hydrogen) atoms. The summed E-state index contributed by atoms with van der Waals surface area (Å²) in [7, 11) is 0. The molecular weight excluding hydrogens is 452 g/mol. The zero-order valence-corrected chi connectivity index (χ0v) is 20.9. The molecule has 1 aliphatic rings. The fourth-order valence-corrected chi connectivity index (χ4v) is 4.89. The van der Waals surface area contributed by atoms with E-state index in [0.29, 0.717) is 30.0 Å². The highest BCUT2D eigenvalue weighted by molar-refractivity contribution is 5.84. The van der Waals surface area contributed by atoms with E-state index in [0.717, 1.165) is 47.2 Å². The number of para-hydroxylation sites is 1. The van der Waals surface area contributed by atoms with Gasteiger partial charge in [-0.2, -0.15) is 9.97 Å². The first-order valence-electron chi connectivity index (χ1n) is 12.8. The fourth-order valence-electron chi connectivity index (χ4n) is 4.89. The van der Waals surface area contributed by atoms with Crippen molar-refractivity contribution in [2.24, 2.45) is 0 Å². The SMILES string of the molecule is CCC(Nc1nc(NCc2ccc(-c3ccccc3N)nc2)c2ncn(C3CCCC3)c2n1)C(C)O. The van der Waals surface area contributed by atoms with E-state index >= 15 is 0 Å². The Morgan fingerprint density at radius 3 is 2.61 bits per heavy atom. The summed E-state index contributed by atoms with van der Waals surface area (Å²) in [6, 6.07) is 12.0. The number of pyridine rings is 1. The number of benzene rings is 1. The molecule has 3 aromatic heterocycles. The second-order valence-corrected chi connectivity index (χ2v) is 9.55. The molecule has 3 heterocycles. The number of nitrogens with two attached hydrogens (primary N) is 1. The van der Waals surface area contributed by atoms with Gasteiger partial charge in [-0.15, -0.1) is 0 Å². The minimum atomic E-state index is -0.520. The van der Waals surface area contributed by atoms with Crippen LogP contribution >= 0.6 is 0 Å². The lowest BCUT2D eigenvalue weighted by molar-refractivity contribution is 0.169. The number of hydrogen-bond acceptors (Lipinski definition) is 8. The van der Waals surface area contributed by atoms with Gasteiger partial charge < -0.3 is 26.0 Å². The minimum Gasteiger partial charge on any atom is -0.398 e. The maximum atomic E-state index is 10.2. The molecule has 5 N–H and O–H groups in total. The zero-order chi connectivity index (χ0) is 25.1. The number of aliphatic hydroxyl groups excluding tert-OH is 1. The Labute approximate surface area is 211 Å². The van der Waals surface area contributed by atoms with Crippen LogP contribution in [0.25, 0.3) is 22.4 Å². The third kappa shape index (κ3) is 4.97. The average Bonchev–Trinajstić information content (AvgIpc) is 3.56. The van der Waals surface area contributed by atoms with Gasteiger partial charge in [0, 0.05) is 30.0 Å². The summed E-state index contributed by atoms with van der Waals surface area (Å²) in [6.45, 7) is 4.35. The molecule has 0 radical (unpaired) electrons. The number of aliphatic hydroxyl groups is 1. The molecule has 9 nitrogen and oxygen atoms in total. The van der Waals surface area contributed by atoms with E-state index in [1.807, 2.05) is 55.8 Å². The van der Waals surface area contributed by atoms with Crippen molar-refractivity contribution in [2.45, 2.75) is 70.7 Å². The Morgan fingerprint density at radius 2 is 1.92 bits per heavy atom. The number of imidazole rings is 1. The second-order valence-electron chi connectivity index (χ2n) is 9.55. The molecule has 0 aliphatic heterocycles. The largest absolute Gasteiger partial charge is 0.398 e. The monoisotopic (exact) mass is 486 g/mol. The number of rotatable bonds is 9. The van der Waals surface area contributed by atoms with Crippen molar-refractivity contribution < 1.29 is 5.11 Å². The fraction of sp³-hybridized carbons (Fsp3) is 0.407. The number of anilines is 3. The van der Waals surface area contributed by atoms with Crippen LogP contribution in [0, 0.1) is 0 Å². The van der Waals surface area contributed by atoms with Crippen molar-refractivity contribution in [2.75, 3.05) is 16.4 Å². The number of nitrogen functional groups attached to an aromatic ring is 1. The number of nitrogens with one attached hydrogen (secondary N) is 2. The average molecular weight is 487 g/mol. The number of hydrogen-bond donors (Lipinski definition) is 4. The normalized spacial score (nSPS) is 15.8. The summed E-state index contributed by atoms with van der Waals surface area (Å²) in [5.41, 5.74) is 11.2. The standard InChI is InChI=1S/C27H34N8O/c1-3-22(17(2)36)32-27-33-25(24-26(34-27)35(16-31-24)19-8-4-5-9-19)30-15-18-12-13-23(29-14-18)20-10-6-7-11-21(20)28/h6-7,10-14,16-17,19,22,36H,3-5,8-9,15,28H2,1-2H3,(H2,30,32,33,34). The maximum absolute atomic E-state index is 10.2. The Bertz CT molecular complexity index is 1310. The van der Waals surface area contributed by atoms with Crippen LogP contribution < -0.4 is 16.4 Å². The van der Waals surface area contributed by atoms with E-state index in [-0.39, 0.29) is 6.04 Å². The smallest absolute Gasteiger partial charge is 0.227 e. The first-order chi connectivity index (χ1) is 17.5. The van der Waals surface area contributed by atoms with Gasteiger partial charge in [-0.3, -0.25) is 4.98 Å². The quantitative estimate of drug-likeness (QED) is 0.249. The summed E-state index contributed by atoms with van der Waals surface area (Å²) in [5, 5.41) is 16.9. The van der Waals surface area contributed by atoms with Crippen molar-refractivity contribution in [3.63, 3.8) is 0 Å². The number of aromatic nitrogens is 5. The molecule has 2 unspecified atom stereocenters. The van der Waals surface area contributed by atoms with Gasteiger partial charge >= 0.3 is 0 Å². The molecule has 1 saturated carbocycles. The molecule has 9 heteroatoms. The van der Waals surface area contributed by atoms with Crippen LogP contribution in [-0.2, 0) is 6.54 Å². The summed E-state index contributed by atoms with van der Waals surface area (Å²) in [6.07, 6.45) is 8.70. The van der Waals surface area contributed by atoms with Crippen LogP contribution in [0.5, 0.6) is 0 Å². The van der Waals surface area contributed by atoms with E-state index < -0.39 is 6.10 Å². The van der Waals surface area contributed by atoms with Gasteiger partial charge in [0.15, 0.2) is 17.0 Å². The molecule has 2 atom stereocenters. The van der Waals surface area contributed by atoms with Crippen molar-refractivity contribution in [1.29, 1.82) is 0 Å². The summed E-state index contributed by atoms with van der Waals surface area (Å²) < 4.78 is 2.18. The van der Waals surface area contributed by atoms with Crippen molar-refractivity contribution in [3.05, 3.63) is 54.5 Å². The molecule has 4 aromatic rings. The first-order valence-corrected chi connectivity index (χ1v) is 12.8. The third-order valence-electron chi connectivity index (χ3n) is 7.00. The van der Waals surface area contributed by atoms with Crippen LogP contribution in [0.2, 0.25) is 0 Å². The lowest BCUT2D eigenvalue weighted by Gasteiger charge is -2.20. The van der Waals surface area contributed by atoms with Crippen molar-refractivity contribution in [3.8, 4) is 11.3 Å².